The van der Waals surface area contributed by atoms with Crippen molar-refractivity contribution < 1.29 is 9.90 Å². The van der Waals surface area contributed by atoms with Crippen LogP contribution >= 0.6 is 0 Å². The zero-order chi connectivity index (χ0) is 10.4. The van der Waals surface area contributed by atoms with Gasteiger partial charge in [0.1, 0.15) is 0 Å². The Morgan fingerprint density at radius 1 is 1.38 bits per heavy atom. The molecule has 0 aliphatic heterocycles. The van der Waals surface area contributed by atoms with Gasteiger partial charge in [0, 0.05) is 26.7 Å². The van der Waals surface area contributed by atoms with Crippen LogP contribution in [0.4, 0.5) is 4.79 Å². The first-order chi connectivity index (χ1) is 6.02. The molecule has 0 aromatic heterocycles. The molecule has 0 bridgehead atoms. The predicted molar refractivity (Wildman–Crippen MR) is 52.6 cm³/mol. The molecular weight excluding hydrogens is 168 g/mol. The minimum absolute atomic E-state index is 0.0223. The number of likely N-dealkylation sites (N-methyl/N-ethyl adjacent to an activating group) is 1. The van der Waals surface area contributed by atoms with E-state index in [2.05, 4.69) is 0 Å². The SMILES string of the molecule is CCN(CC)C(=O)N(C)CC(C)O. The Kier molecular flexibility index (Phi) is 5.46. The van der Waals surface area contributed by atoms with Crippen LogP contribution in [0.2, 0.25) is 0 Å². The maximum Gasteiger partial charge on any atom is 0.319 e. The van der Waals surface area contributed by atoms with Gasteiger partial charge in [0.15, 0.2) is 0 Å². The maximum absolute atomic E-state index is 11.6. The van der Waals surface area contributed by atoms with Gasteiger partial charge in [0.25, 0.3) is 0 Å². The lowest BCUT2D eigenvalue weighted by Gasteiger charge is -2.26. The number of nitrogens with zero attached hydrogens (tertiary/aromatic N) is 2. The Morgan fingerprint density at radius 3 is 2.15 bits per heavy atom. The topological polar surface area (TPSA) is 43.8 Å². The third-order valence-electron chi connectivity index (χ3n) is 1.90. The summed E-state index contributed by atoms with van der Waals surface area (Å²) in [6.45, 7) is 7.36. The molecule has 0 aliphatic carbocycles. The van der Waals surface area contributed by atoms with E-state index in [1.165, 1.54) is 4.90 Å². The number of carbonyl (C=O) groups excluding carboxylic acids is 1. The Bertz CT molecular complexity index is 156. The van der Waals surface area contributed by atoms with E-state index in [9.17, 15) is 4.79 Å². The highest BCUT2D eigenvalue weighted by Gasteiger charge is 2.15. The summed E-state index contributed by atoms with van der Waals surface area (Å²) in [4.78, 5) is 14.8. The summed E-state index contributed by atoms with van der Waals surface area (Å²) in [7, 11) is 1.70. The van der Waals surface area contributed by atoms with Crippen LogP contribution in [0.25, 0.3) is 0 Å². The third-order valence-corrected chi connectivity index (χ3v) is 1.90. The highest BCUT2D eigenvalue weighted by molar-refractivity contribution is 5.74. The summed E-state index contributed by atoms with van der Waals surface area (Å²) in [6.07, 6.45) is -0.468. The average molecular weight is 188 g/mol. The molecule has 1 N–H and O–H groups in total. The first kappa shape index (κ1) is 12.2. The van der Waals surface area contributed by atoms with Gasteiger partial charge in [-0.3, -0.25) is 0 Å². The maximum atomic E-state index is 11.6. The standard InChI is InChI=1S/C9H20N2O2/c1-5-11(6-2)9(13)10(4)7-8(3)12/h8,12H,5-7H2,1-4H3. The van der Waals surface area contributed by atoms with E-state index in [0.717, 1.165) is 0 Å². The van der Waals surface area contributed by atoms with Crippen LogP contribution in [0.1, 0.15) is 20.8 Å². The Labute approximate surface area is 80.1 Å². The van der Waals surface area contributed by atoms with Gasteiger partial charge in [-0.25, -0.2) is 4.79 Å². The summed E-state index contributed by atoms with van der Waals surface area (Å²) >= 11 is 0. The van der Waals surface area contributed by atoms with Crippen molar-refractivity contribution in [3.8, 4) is 0 Å². The normalized spacial score (nSPS) is 12.4. The van der Waals surface area contributed by atoms with Crippen LogP contribution in [0.3, 0.4) is 0 Å². The smallest absolute Gasteiger partial charge is 0.319 e. The molecule has 0 aromatic carbocycles. The molecule has 13 heavy (non-hydrogen) atoms. The molecule has 0 rings (SSSR count). The van der Waals surface area contributed by atoms with E-state index in [-0.39, 0.29) is 6.03 Å². The second-order valence-corrected chi connectivity index (χ2v) is 3.18. The molecule has 78 valence electrons. The summed E-state index contributed by atoms with van der Waals surface area (Å²) < 4.78 is 0. The second kappa shape index (κ2) is 5.80. The van der Waals surface area contributed by atoms with Gasteiger partial charge in [0.2, 0.25) is 0 Å². The molecule has 0 spiro atoms. The summed E-state index contributed by atoms with van der Waals surface area (Å²) in [6, 6.07) is -0.0223. The number of aliphatic hydroxyl groups excluding tert-OH is 1. The number of amides is 2. The average Bonchev–Trinajstić information content (AvgIpc) is 2.05. The van der Waals surface area contributed by atoms with Crippen LogP contribution in [-0.2, 0) is 0 Å². The fourth-order valence-corrected chi connectivity index (χ4v) is 1.21. The Balaban J connectivity index is 4.07. The third kappa shape index (κ3) is 4.12. The molecule has 0 heterocycles. The summed E-state index contributed by atoms with van der Waals surface area (Å²) in [5.74, 6) is 0. The van der Waals surface area contributed by atoms with Crippen molar-refractivity contribution in [3.05, 3.63) is 0 Å². The van der Waals surface area contributed by atoms with Crippen molar-refractivity contribution in [1.82, 2.24) is 9.80 Å². The van der Waals surface area contributed by atoms with E-state index in [1.807, 2.05) is 13.8 Å². The van der Waals surface area contributed by atoms with E-state index in [0.29, 0.717) is 19.6 Å². The number of hydrogen-bond acceptors (Lipinski definition) is 2. The molecule has 0 fully saturated rings. The van der Waals surface area contributed by atoms with Crippen LogP contribution in [0.5, 0.6) is 0 Å². The number of hydrogen-bond donors (Lipinski definition) is 1. The lowest BCUT2D eigenvalue weighted by Crippen LogP contribution is -2.43. The zero-order valence-electron chi connectivity index (χ0n) is 8.95. The fourth-order valence-electron chi connectivity index (χ4n) is 1.21. The molecular formula is C9H20N2O2. The highest BCUT2D eigenvalue weighted by Crippen LogP contribution is 1.97. The number of rotatable bonds is 4. The van der Waals surface area contributed by atoms with Gasteiger partial charge in [-0.15, -0.1) is 0 Å². The van der Waals surface area contributed by atoms with Crippen molar-refractivity contribution in [2.75, 3.05) is 26.7 Å². The van der Waals surface area contributed by atoms with E-state index in [1.54, 1.807) is 18.9 Å². The van der Waals surface area contributed by atoms with Crippen molar-refractivity contribution in [3.63, 3.8) is 0 Å². The van der Waals surface area contributed by atoms with Gasteiger partial charge < -0.3 is 14.9 Å². The molecule has 0 aromatic rings. The van der Waals surface area contributed by atoms with Crippen molar-refractivity contribution >= 4 is 6.03 Å². The summed E-state index contributed by atoms with van der Waals surface area (Å²) in [5, 5.41) is 9.09. The monoisotopic (exact) mass is 188 g/mol. The van der Waals surface area contributed by atoms with Crippen molar-refractivity contribution in [2.24, 2.45) is 0 Å². The molecule has 4 heteroatoms. The number of aliphatic hydroxyl groups is 1. The van der Waals surface area contributed by atoms with E-state index < -0.39 is 6.10 Å². The zero-order valence-corrected chi connectivity index (χ0v) is 8.95. The molecule has 0 aliphatic rings. The second-order valence-electron chi connectivity index (χ2n) is 3.18. The first-order valence-corrected chi connectivity index (χ1v) is 4.71. The number of urea groups is 1. The molecule has 0 saturated heterocycles. The van der Waals surface area contributed by atoms with E-state index in [4.69, 9.17) is 5.11 Å². The van der Waals surface area contributed by atoms with Crippen molar-refractivity contribution in [2.45, 2.75) is 26.9 Å². The minimum atomic E-state index is -0.468. The molecule has 2 amide bonds. The quantitative estimate of drug-likeness (QED) is 0.708. The van der Waals surface area contributed by atoms with Gasteiger partial charge in [-0.2, -0.15) is 0 Å². The van der Waals surface area contributed by atoms with Crippen LogP contribution in [0.15, 0.2) is 0 Å². The number of carbonyl (C=O) groups is 1. The Hall–Kier alpha value is -0.770. The molecule has 0 saturated carbocycles. The largest absolute Gasteiger partial charge is 0.392 e. The lowest BCUT2D eigenvalue weighted by atomic mass is 10.4. The minimum Gasteiger partial charge on any atom is -0.392 e. The molecule has 4 nitrogen and oxygen atoms in total. The van der Waals surface area contributed by atoms with Gasteiger partial charge in [-0.05, 0) is 20.8 Å². The Morgan fingerprint density at radius 2 is 1.85 bits per heavy atom. The van der Waals surface area contributed by atoms with Crippen molar-refractivity contribution in [1.29, 1.82) is 0 Å². The predicted octanol–water partition coefficient (Wildman–Crippen LogP) is 0.761. The van der Waals surface area contributed by atoms with Crippen LogP contribution in [0, 0.1) is 0 Å². The van der Waals surface area contributed by atoms with Crippen LogP contribution < -0.4 is 0 Å². The van der Waals surface area contributed by atoms with E-state index >= 15 is 0 Å². The summed E-state index contributed by atoms with van der Waals surface area (Å²) in [5.41, 5.74) is 0. The van der Waals surface area contributed by atoms with Gasteiger partial charge in [0.05, 0.1) is 6.10 Å². The highest BCUT2D eigenvalue weighted by atomic mass is 16.3. The fraction of sp³-hybridized carbons (Fsp3) is 0.889. The van der Waals surface area contributed by atoms with Crippen LogP contribution in [-0.4, -0.2) is 53.7 Å². The molecule has 0 radical (unpaired) electrons. The first-order valence-electron chi connectivity index (χ1n) is 4.71. The molecule has 1 atom stereocenters. The molecule has 1 unspecified atom stereocenters. The van der Waals surface area contributed by atoms with Gasteiger partial charge >= 0.3 is 6.03 Å². The van der Waals surface area contributed by atoms with Gasteiger partial charge in [-0.1, -0.05) is 0 Å². The lowest BCUT2D eigenvalue weighted by molar-refractivity contribution is 0.125.